The molecule has 0 radical (unpaired) electrons. The van der Waals surface area contributed by atoms with Crippen LogP contribution in [0.15, 0.2) is 51.5 Å². The highest BCUT2D eigenvalue weighted by Gasteiger charge is 2.29. The van der Waals surface area contributed by atoms with Gasteiger partial charge in [-0.05, 0) is 75.7 Å². The van der Waals surface area contributed by atoms with Crippen molar-refractivity contribution in [2.24, 2.45) is 5.10 Å². The maximum atomic E-state index is 13.1. The summed E-state index contributed by atoms with van der Waals surface area (Å²) in [6.07, 6.45) is 1.43. The van der Waals surface area contributed by atoms with E-state index in [9.17, 15) is 14.4 Å². The Morgan fingerprint density at radius 1 is 1.14 bits per heavy atom. The van der Waals surface area contributed by atoms with E-state index >= 15 is 0 Å². The summed E-state index contributed by atoms with van der Waals surface area (Å²) in [5.41, 5.74) is 2.08. The Bertz CT molecular complexity index is 1200. The Labute approximate surface area is 211 Å². The van der Waals surface area contributed by atoms with E-state index in [1.54, 1.807) is 39.0 Å². The standard InChI is InChI=1S/C25H25BrN2O7/c1-5-33-21-11-17(20(26)12-22(21)34-13-23(29)35-14(2)3)10-19-15(4)27-28(24(19)30)18-8-6-16(7-9-18)25(31)32/h6-12,14H,5,13H2,1-4H3,(H,31,32). The summed E-state index contributed by atoms with van der Waals surface area (Å²) < 4.78 is 17.0. The highest BCUT2D eigenvalue weighted by molar-refractivity contribution is 9.10. The smallest absolute Gasteiger partial charge is 0.344 e. The van der Waals surface area contributed by atoms with E-state index in [2.05, 4.69) is 21.0 Å². The first-order chi connectivity index (χ1) is 16.6. The number of amides is 1. The van der Waals surface area contributed by atoms with Gasteiger partial charge in [-0.15, -0.1) is 0 Å². The molecule has 10 heteroatoms. The Kier molecular flexibility index (Phi) is 8.29. The van der Waals surface area contributed by atoms with Gasteiger partial charge in [0.15, 0.2) is 18.1 Å². The fourth-order valence-corrected chi connectivity index (χ4v) is 3.67. The Morgan fingerprint density at radius 2 is 1.80 bits per heavy atom. The number of hydrogen-bond acceptors (Lipinski definition) is 7. The molecule has 3 rings (SSSR count). The number of rotatable bonds is 9. The highest BCUT2D eigenvalue weighted by Crippen LogP contribution is 2.36. The van der Waals surface area contributed by atoms with Crippen molar-refractivity contribution in [1.82, 2.24) is 0 Å². The summed E-state index contributed by atoms with van der Waals surface area (Å²) >= 11 is 3.49. The van der Waals surface area contributed by atoms with Crippen LogP contribution in [0.2, 0.25) is 0 Å². The number of carboxylic acid groups (broad SMARTS) is 1. The van der Waals surface area contributed by atoms with Gasteiger partial charge in [0.2, 0.25) is 0 Å². The minimum atomic E-state index is -1.05. The third-order valence-electron chi connectivity index (χ3n) is 4.80. The van der Waals surface area contributed by atoms with E-state index in [1.165, 1.54) is 29.3 Å². The first kappa shape index (κ1) is 26.0. The molecule has 1 aliphatic heterocycles. The van der Waals surface area contributed by atoms with Crippen molar-refractivity contribution >= 4 is 51.3 Å². The number of carboxylic acids is 1. The van der Waals surface area contributed by atoms with Crippen molar-refractivity contribution in [3.8, 4) is 11.5 Å². The lowest BCUT2D eigenvalue weighted by Gasteiger charge is -2.15. The van der Waals surface area contributed by atoms with E-state index in [1.807, 2.05) is 6.92 Å². The molecule has 0 fully saturated rings. The van der Waals surface area contributed by atoms with E-state index in [-0.39, 0.29) is 24.2 Å². The zero-order valence-electron chi connectivity index (χ0n) is 19.7. The predicted molar refractivity (Wildman–Crippen MR) is 134 cm³/mol. The number of ether oxygens (including phenoxy) is 3. The summed E-state index contributed by atoms with van der Waals surface area (Å²) in [7, 11) is 0. The second kappa shape index (κ2) is 11.2. The average molecular weight is 545 g/mol. The van der Waals surface area contributed by atoms with Gasteiger partial charge in [0.1, 0.15) is 0 Å². The fourth-order valence-electron chi connectivity index (χ4n) is 3.24. The van der Waals surface area contributed by atoms with Crippen LogP contribution < -0.4 is 14.5 Å². The summed E-state index contributed by atoms with van der Waals surface area (Å²) in [5, 5.41) is 14.6. The van der Waals surface area contributed by atoms with Gasteiger partial charge < -0.3 is 19.3 Å². The van der Waals surface area contributed by atoms with E-state index in [4.69, 9.17) is 19.3 Å². The molecule has 35 heavy (non-hydrogen) atoms. The van der Waals surface area contributed by atoms with Crippen LogP contribution in [-0.4, -0.2) is 48.0 Å². The van der Waals surface area contributed by atoms with Crippen LogP contribution in [0, 0.1) is 0 Å². The number of carbonyl (C=O) groups excluding carboxylic acids is 2. The quantitative estimate of drug-likeness (QED) is 0.359. The molecule has 0 aromatic heterocycles. The summed E-state index contributed by atoms with van der Waals surface area (Å²) in [4.78, 5) is 36.0. The van der Waals surface area contributed by atoms with Crippen LogP contribution in [0.3, 0.4) is 0 Å². The fraction of sp³-hybridized carbons (Fsp3) is 0.280. The molecule has 0 atom stereocenters. The lowest BCUT2D eigenvalue weighted by molar-refractivity contribution is -0.149. The first-order valence-electron chi connectivity index (χ1n) is 10.8. The molecule has 1 aliphatic rings. The third kappa shape index (κ3) is 6.27. The number of carbonyl (C=O) groups is 3. The number of nitrogens with zero attached hydrogens (tertiary/aromatic N) is 2. The summed E-state index contributed by atoms with van der Waals surface area (Å²) in [6, 6.07) is 9.25. The molecule has 1 amide bonds. The number of halogens is 1. The van der Waals surface area contributed by atoms with Crippen molar-refractivity contribution in [3.63, 3.8) is 0 Å². The highest BCUT2D eigenvalue weighted by atomic mass is 79.9. The maximum absolute atomic E-state index is 13.1. The molecule has 0 unspecified atom stereocenters. The molecule has 2 aromatic rings. The summed E-state index contributed by atoms with van der Waals surface area (Å²) in [6.45, 7) is 7.13. The molecule has 1 heterocycles. The van der Waals surface area contributed by atoms with Crippen molar-refractivity contribution in [1.29, 1.82) is 0 Å². The number of aromatic carboxylic acids is 1. The minimum Gasteiger partial charge on any atom is -0.490 e. The van der Waals surface area contributed by atoms with Crippen LogP contribution in [0.5, 0.6) is 11.5 Å². The van der Waals surface area contributed by atoms with E-state index in [0.717, 1.165) is 0 Å². The van der Waals surface area contributed by atoms with Gasteiger partial charge in [-0.2, -0.15) is 10.1 Å². The average Bonchev–Trinajstić information content (AvgIpc) is 3.08. The molecular weight excluding hydrogens is 520 g/mol. The van der Waals surface area contributed by atoms with Crippen LogP contribution in [0.25, 0.3) is 6.08 Å². The second-order valence-electron chi connectivity index (χ2n) is 7.79. The van der Waals surface area contributed by atoms with Crippen molar-refractivity contribution in [2.75, 3.05) is 18.2 Å². The van der Waals surface area contributed by atoms with Crippen molar-refractivity contribution in [3.05, 3.63) is 57.6 Å². The topological polar surface area (TPSA) is 115 Å². The van der Waals surface area contributed by atoms with Crippen LogP contribution >= 0.6 is 15.9 Å². The van der Waals surface area contributed by atoms with Gasteiger partial charge in [-0.1, -0.05) is 15.9 Å². The van der Waals surface area contributed by atoms with Crippen molar-refractivity contribution < 1.29 is 33.7 Å². The molecule has 0 saturated carbocycles. The van der Waals surface area contributed by atoms with Gasteiger partial charge in [0, 0.05) is 4.47 Å². The van der Waals surface area contributed by atoms with Gasteiger partial charge in [0.05, 0.1) is 35.2 Å². The van der Waals surface area contributed by atoms with Crippen molar-refractivity contribution in [2.45, 2.75) is 33.8 Å². The largest absolute Gasteiger partial charge is 0.490 e. The summed E-state index contributed by atoms with van der Waals surface area (Å²) in [5.74, 6) is -1.15. The molecule has 184 valence electrons. The van der Waals surface area contributed by atoms with Gasteiger partial charge in [0.25, 0.3) is 5.91 Å². The molecule has 1 N–H and O–H groups in total. The van der Waals surface area contributed by atoms with Crippen LogP contribution in [0.4, 0.5) is 5.69 Å². The van der Waals surface area contributed by atoms with Gasteiger partial charge in [-0.25, -0.2) is 9.59 Å². The van der Waals surface area contributed by atoms with Crippen LogP contribution in [0.1, 0.15) is 43.6 Å². The Hall–Kier alpha value is -3.66. The first-order valence-corrected chi connectivity index (χ1v) is 11.6. The lowest BCUT2D eigenvalue weighted by Crippen LogP contribution is -2.21. The van der Waals surface area contributed by atoms with Crippen LogP contribution in [-0.2, 0) is 14.3 Å². The molecule has 0 aliphatic carbocycles. The van der Waals surface area contributed by atoms with Gasteiger partial charge in [-0.3, -0.25) is 4.79 Å². The Balaban J connectivity index is 1.87. The molecular formula is C25H25BrN2O7. The molecule has 0 spiro atoms. The molecule has 0 saturated heterocycles. The minimum absolute atomic E-state index is 0.115. The lowest BCUT2D eigenvalue weighted by atomic mass is 10.1. The predicted octanol–water partition coefficient (Wildman–Crippen LogP) is 4.68. The molecule has 9 nitrogen and oxygen atoms in total. The SMILES string of the molecule is CCOc1cc(C=C2C(=O)N(c3ccc(C(=O)O)cc3)N=C2C)c(Br)cc1OCC(=O)OC(C)C. The van der Waals surface area contributed by atoms with E-state index in [0.29, 0.717) is 45.1 Å². The monoisotopic (exact) mass is 544 g/mol. The zero-order chi connectivity index (χ0) is 25.7. The number of benzene rings is 2. The zero-order valence-corrected chi connectivity index (χ0v) is 21.3. The maximum Gasteiger partial charge on any atom is 0.344 e. The number of esters is 1. The van der Waals surface area contributed by atoms with Gasteiger partial charge >= 0.3 is 11.9 Å². The van der Waals surface area contributed by atoms with E-state index < -0.39 is 11.9 Å². The number of hydrazone groups is 1. The third-order valence-corrected chi connectivity index (χ3v) is 5.48. The Morgan fingerprint density at radius 3 is 2.40 bits per heavy atom. The second-order valence-corrected chi connectivity index (χ2v) is 8.65. The molecule has 0 bridgehead atoms. The molecule has 2 aromatic carbocycles. The number of hydrogen-bond donors (Lipinski definition) is 1. The number of anilines is 1. The normalized spacial score (nSPS) is 14.3.